The maximum absolute atomic E-state index is 4.27. The molecule has 1 fully saturated rings. The summed E-state index contributed by atoms with van der Waals surface area (Å²) in [6.07, 6.45) is 6.55. The van der Waals surface area contributed by atoms with Gasteiger partial charge in [-0.1, -0.05) is 43.2 Å². The van der Waals surface area contributed by atoms with E-state index in [1.807, 2.05) is 14.0 Å². The lowest BCUT2D eigenvalue weighted by molar-refractivity contribution is 0.349. The number of hydrogen-bond acceptors (Lipinski definition) is 3. The zero-order chi connectivity index (χ0) is 15.4. The van der Waals surface area contributed by atoms with Gasteiger partial charge in [0.05, 0.1) is 6.54 Å². The molecular weight excluding hydrogens is 272 g/mol. The van der Waals surface area contributed by atoms with Crippen molar-refractivity contribution in [3.05, 3.63) is 47.5 Å². The predicted octanol–water partition coefficient (Wildman–Crippen LogP) is 3.01. The normalized spacial score (nSPS) is 17.0. The van der Waals surface area contributed by atoms with Gasteiger partial charge in [0.25, 0.3) is 0 Å². The van der Waals surface area contributed by atoms with Crippen molar-refractivity contribution in [2.24, 2.45) is 13.0 Å². The summed E-state index contributed by atoms with van der Waals surface area (Å²) in [7, 11) is 2.04. The molecule has 1 aromatic carbocycles. The van der Waals surface area contributed by atoms with E-state index < -0.39 is 0 Å². The van der Waals surface area contributed by atoms with Crippen molar-refractivity contribution < 1.29 is 0 Å². The minimum atomic E-state index is 0.530. The monoisotopic (exact) mass is 298 g/mol. The van der Waals surface area contributed by atoms with Crippen LogP contribution < -0.4 is 5.32 Å². The van der Waals surface area contributed by atoms with Gasteiger partial charge in [-0.05, 0) is 37.7 Å². The van der Waals surface area contributed by atoms with Gasteiger partial charge in [-0.3, -0.25) is 0 Å². The van der Waals surface area contributed by atoms with Crippen molar-refractivity contribution in [3.63, 3.8) is 0 Å². The number of nitrogens with zero attached hydrogens (tertiary/aromatic N) is 3. The third-order valence-electron chi connectivity index (χ3n) is 4.97. The first-order valence-corrected chi connectivity index (χ1v) is 8.36. The summed E-state index contributed by atoms with van der Waals surface area (Å²) in [5.41, 5.74) is 1.42. The maximum Gasteiger partial charge on any atom is 0.146 e. The van der Waals surface area contributed by atoms with Crippen molar-refractivity contribution in [2.75, 3.05) is 0 Å². The third-order valence-corrected chi connectivity index (χ3v) is 4.97. The summed E-state index contributed by atoms with van der Waals surface area (Å²) >= 11 is 0. The molecule has 1 aromatic heterocycles. The fourth-order valence-electron chi connectivity index (χ4n) is 3.46. The van der Waals surface area contributed by atoms with E-state index in [0.717, 1.165) is 30.5 Å². The Morgan fingerprint density at radius 2 is 1.91 bits per heavy atom. The van der Waals surface area contributed by atoms with Crippen LogP contribution in [0.25, 0.3) is 0 Å². The minimum absolute atomic E-state index is 0.530. The highest BCUT2D eigenvalue weighted by atomic mass is 15.3. The number of nitrogens with one attached hydrogen (secondary N) is 1. The average Bonchev–Trinajstić information content (AvgIpc) is 3.17. The lowest BCUT2D eigenvalue weighted by Gasteiger charge is -2.25. The lowest BCUT2D eigenvalue weighted by Crippen LogP contribution is -2.37. The molecule has 1 aliphatic carbocycles. The molecule has 0 radical (unpaired) electrons. The van der Waals surface area contributed by atoms with Crippen molar-refractivity contribution in [1.82, 2.24) is 20.1 Å². The van der Waals surface area contributed by atoms with E-state index in [9.17, 15) is 0 Å². The first-order valence-electron chi connectivity index (χ1n) is 8.36. The van der Waals surface area contributed by atoms with Gasteiger partial charge in [0.2, 0.25) is 0 Å². The Labute approximate surface area is 133 Å². The Morgan fingerprint density at radius 1 is 1.18 bits per heavy atom. The number of aromatic nitrogens is 3. The van der Waals surface area contributed by atoms with Gasteiger partial charge >= 0.3 is 0 Å². The third kappa shape index (κ3) is 3.55. The van der Waals surface area contributed by atoms with E-state index in [0.29, 0.717) is 6.04 Å². The van der Waals surface area contributed by atoms with Crippen LogP contribution in [0.5, 0.6) is 0 Å². The zero-order valence-electron chi connectivity index (χ0n) is 13.6. The van der Waals surface area contributed by atoms with Crippen molar-refractivity contribution in [3.8, 4) is 0 Å². The Hall–Kier alpha value is -1.68. The fraction of sp³-hybridized carbons (Fsp3) is 0.556. The van der Waals surface area contributed by atoms with Gasteiger partial charge in [-0.25, -0.2) is 0 Å². The molecule has 0 aliphatic heterocycles. The molecule has 0 bridgehead atoms. The van der Waals surface area contributed by atoms with Crippen LogP contribution in [0.4, 0.5) is 0 Å². The van der Waals surface area contributed by atoms with Crippen molar-refractivity contribution >= 4 is 0 Å². The van der Waals surface area contributed by atoms with Gasteiger partial charge in [0.15, 0.2) is 0 Å². The number of aryl methyl sites for hydroxylation is 1. The van der Waals surface area contributed by atoms with E-state index in [4.69, 9.17) is 0 Å². The summed E-state index contributed by atoms with van der Waals surface area (Å²) in [4.78, 5) is 0. The van der Waals surface area contributed by atoms with E-state index in [-0.39, 0.29) is 0 Å². The second-order valence-electron chi connectivity index (χ2n) is 6.44. The highest BCUT2D eigenvalue weighted by Gasteiger charge is 2.25. The standard InChI is InChI=1S/C18H26N4/c1-14-20-21-18(22(14)2)13-19-17(16-10-6-7-11-16)12-15-8-4-3-5-9-15/h3-5,8-9,16-17,19H,6-7,10-13H2,1-2H3. The molecule has 22 heavy (non-hydrogen) atoms. The first kappa shape index (κ1) is 15.2. The van der Waals surface area contributed by atoms with Gasteiger partial charge in [-0.2, -0.15) is 0 Å². The minimum Gasteiger partial charge on any atom is -0.317 e. The van der Waals surface area contributed by atoms with Crippen molar-refractivity contribution in [2.45, 2.75) is 51.6 Å². The molecule has 2 aromatic rings. The molecule has 1 unspecified atom stereocenters. The molecule has 0 amide bonds. The average molecular weight is 298 g/mol. The highest BCUT2D eigenvalue weighted by molar-refractivity contribution is 5.16. The number of rotatable bonds is 6. The van der Waals surface area contributed by atoms with Crippen LogP contribution in [0.2, 0.25) is 0 Å². The van der Waals surface area contributed by atoms with Gasteiger partial charge in [-0.15, -0.1) is 10.2 Å². The molecule has 4 nitrogen and oxygen atoms in total. The molecule has 1 heterocycles. The van der Waals surface area contributed by atoms with Gasteiger partial charge in [0.1, 0.15) is 11.6 Å². The molecule has 0 spiro atoms. The second-order valence-corrected chi connectivity index (χ2v) is 6.44. The van der Waals surface area contributed by atoms with E-state index in [2.05, 4.69) is 50.4 Å². The van der Waals surface area contributed by atoms with Crippen LogP contribution in [0, 0.1) is 12.8 Å². The van der Waals surface area contributed by atoms with E-state index >= 15 is 0 Å². The summed E-state index contributed by atoms with van der Waals surface area (Å²) in [6, 6.07) is 11.3. The molecular formula is C18H26N4. The van der Waals surface area contributed by atoms with Gasteiger partial charge in [0, 0.05) is 13.1 Å². The van der Waals surface area contributed by atoms with Crippen LogP contribution in [-0.2, 0) is 20.0 Å². The smallest absolute Gasteiger partial charge is 0.146 e. The molecule has 0 saturated heterocycles. The van der Waals surface area contributed by atoms with E-state index in [1.165, 1.54) is 31.2 Å². The van der Waals surface area contributed by atoms with Crippen LogP contribution in [0.3, 0.4) is 0 Å². The predicted molar refractivity (Wildman–Crippen MR) is 88.5 cm³/mol. The molecule has 118 valence electrons. The Balaban J connectivity index is 1.67. The van der Waals surface area contributed by atoms with Crippen LogP contribution in [0.15, 0.2) is 30.3 Å². The fourth-order valence-corrected chi connectivity index (χ4v) is 3.46. The molecule has 4 heteroatoms. The number of benzene rings is 1. The van der Waals surface area contributed by atoms with E-state index in [1.54, 1.807) is 0 Å². The van der Waals surface area contributed by atoms with Crippen molar-refractivity contribution in [1.29, 1.82) is 0 Å². The summed E-state index contributed by atoms with van der Waals surface area (Å²) < 4.78 is 2.07. The zero-order valence-corrected chi connectivity index (χ0v) is 13.6. The number of hydrogen-bond donors (Lipinski definition) is 1. The highest BCUT2D eigenvalue weighted by Crippen LogP contribution is 2.29. The molecule has 1 atom stereocenters. The van der Waals surface area contributed by atoms with Crippen LogP contribution in [-0.4, -0.2) is 20.8 Å². The molecule has 1 aliphatic rings. The molecule has 3 rings (SSSR count). The summed E-state index contributed by atoms with van der Waals surface area (Å²) in [6.45, 7) is 2.79. The first-order chi connectivity index (χ1) is 10.7. The second kappa shape index (κ2) is 7.05. The Morgan fingerprint density at radius 3 is 2.55 bits per heavy atom. The summed E-state index contributed by atoms with van der Waals surface area (Å²) in [5, 5.41) is 12.2. The van der Waals surface area contributed by atoms with Crippen LogP contribution >= 0.6 is 0 Å². The topological polar surface area (TPSA) is 42.7 Å². The molecule has 1 N–H and O–H groups in total. The lowest BCUT2D eigenvalue weighted by atomic mass is 9.92. The maximum atomic E-state index is 4.27. The molecule has 1 saturated carbocycles. The largest absolute Gasteiger partial charge is 0.317 e. The quantitative estimate of drug-likeness (QED) is 0.891. The Kier molecular flexibility index (Phi) is 4.88. The van der Waals surface area contributed by atoms with Gasteiger partial charge < -0.3 is 9.88 Å². The summed E-state index contributed by atoms with van der Waals surface area (Å²) in [5.74, 6) is 2.78. The Bertz CT molecular complexity index is 584. The SMILES string of the molecule is Cc1nnc(CNC(Cc2ccccc2)C2CCCC2)n1C. The van der Waals surface area contributed by atoms with Crippen LogP contribution in [0.1, 0.15) is 42.9 Å².